The number of carboxylic acid groups (broad SMARTS) is 1. The molecule has 0 radical (unpaired) electrons. The molecule has 26 heavy (non-hydrogen) atoms. The summed E-state index contributed by atoms with van der Waals surface area (Å²) in [6.07, 6.45) is 22.7. The zero-order chi connectivity index (χ0) is 19.3. The van der Waals surface area contributed by atoms with Crippen LogP contribution in [0, 0.1) is 0 Å². The first-order valence-electron chi connectivity index (χ1n) is 10.3. The van der Waals surface area contributed by atoms with Crippen molar-refractivity contribution in [3.8, 4) is 0 Å². The lowest BCUT2D eigenvalue weighted by molar-refractivity contribution is -0.145. The van der Waals surface area contributed by atoms with E-state index in [1.54, 1.807) is 0 Å². The van der Waals surface area contributed by atoms with Gasteiger partial charge in [0.25, 0.3) is 0 Å². The van der Waals surface area contributed by atoms with Crippen LogP contribution in [0.4, 0.5) is 0 Å². The smallest absolute Gasteiger partial charge is 0.305 e. The fourth-order valence-electron chi connectivity index (χ4n) is 2.56. The van der Waals surface area contributed by atoms with Gasteiger partial charge in [-0.05, 0) is 44.9 Å². The number of rotatable bonds is 18. The molecule has 0 amide bonds. The third-order valence-electron chi connectivity index (χ3n) is 4.13. The predicted molar refractivity (Wildman–Crippen MR) is 107 cm³/mol. The van der Waals surface area contributed by atoms with Crippen LogP contribution in [0.5, 0.6) is 0 Å². The Kier molecular flexibility index (Phi) is 18.5. The molecule has 0 aromatic heterocycles. The van der Waals surface area contributed by atoms with Crippen molar-refractivity contribution in [1.29, 1.82) is 0 Å². The summed E-state index contributed by atoms with van der Waals surface area (Å²) in [6.45, 7) is 2.44. The minimum absolute atomic E-state index is 0.0526. The molecule has 0 saturated heterocycles. The van der Waals surface area contributed by atoms with Gasteiger partial charge < -0.3 is 9.84 Å². The molecule has 150 valence electrons. The molecule has 0 aliphatic heterocycles. The van der Waals surface area contributed by atoms with Gasteiger partial charge >= 0.3 is 11.9 Å². The molecule has 0 aliphatic rings. The summed E-state index contributed by atoms with van der Waals surface area (Å²) in [4.78, 5) is 21.8. The van der Waals surface area contributed by atoms with Crippen LogP contribution in [0.1, 0.15) is 96.8 Å². The van der Waals surface area contributed by atoms with Crippen LogP contribution >= 0.6 is 0 Å². The van der Waals surface area contributed by atoms with E-state index in [1.165, 1.54) is 38.5 Å². The molecule has 0 heterocycles. The zero-order valence-electron chi connectivity index (χ0n) is 16.6. The van der Waals surface area contributed by atoms with Gasteiger partial charge in [-0.2, -0.15) is 0 Å². The molecule has 0 aliphatic carbocycles. The van der Waals surface area contributed by atoms with Crippen LogP contribution in [0.15, 0.2) is 24.3 Å². The molecule has 1 N–H and O–H groups in total. The van der Waals surface area contributed by atoms with Crippen LogP contribution in [0.2, 0.25) is 0 Å². The van der Waals surface area contributed by atoms with Gasteiger partial charge in [-0.15, -0.1) is 0 Å². The first-order valence-corrected chi connectivity index (χ1v) is 10.3. The van der Waals surface area contributed by atoms with Crippen LogP contribution in [-0.2, 0) is 14.3 Å². The normalized spacial score (nSPS) is 11.4. The van der Waals surface area contributed by atoms with E-state index < -0.39 is 5.97 Å². The third-order valence-corrected chi connectivity index (χ3v) is 4.13. The highest BCUT2D eigenvalue weighted by Gasteiger charge is 2.03. The van der Waals surface area contributed by atoms with E-state index in [4.69, 9.17) is 9.84 Å². The number of hydrogen-bond acceptors (Lipinski definition) is 3. The van der Waals surface area contributed by atoms with E-state index in [0.29, 0.717) is 12.8 Å². The zero-order valence-corrected chi connectivity index (χ0v) is 16.6. The van der Waals surface area contributed by atoms with Gasteiger partial charge in [-0.25, -0.2) is 0 Å². The monoisotopic (exact) mass is 366 g/mol. The van der Waals surface area contributed by atoms with Crippen molar-refractivity contribution >= 4 is 11.9 Å². The number of carboxylic acids is 1. The van der Waals surface area contributed by atoms with Crippen LogP contribution in [-0.4, -0.2) is 23.7 Å². The van der Waals surface area contributed by atoms with Crippen LogP contribution in [0.25, 0.3) is 0 Å². The van der Waals surface area contributed by atoms with Gasteiger partial charge in [0.15, 0.2) is 0 Å². The lowest BCUT2D eigenvalue weighted by Crippen LogP contribution is -2.07. The second kappa shape index (κ2) is 19.7. The van der Waals surface area contributed by atoms with Crippen molar-refractivity contribution in [2.75, 3.05) is 6.61 Å². The summed E-state index contributed by atoms with van der Waals surface area (Å²) in [7, 11) is 0. The molecule has 4 heteroatoms. The first-order chi connectivity index (χ1) is 12.7. The fraction of sp³-hybridized carbons (Fsp3) is 0.727. The molecule has 4 nitrogen and oxygen atoms in total. The molecule has 0 atom stereocenters. The minimum Gasteiger partial charge on any atom is -0.481 e. The summed E-state index contributed by atoms with van der Waals surface area (Å²) in [6, 6.07) is 0. The maximum atomic E-state index is 11.4. The topological polar surface area (TPSA) is 63.6 Å². The lowest BCUT2D eigenvalue weighted by atomic mass is 10.1. The molecule has 0 aromatic rings. The summed E-state index contributed by atoms with van der Waals surface area (Å²) >= 11 is 0. The Hall–Kier alpha value is -1.58. The van der Waals surface area contributed by atoms with Gasteiger partial charge in [0.2, 0.25) is 0 Å². The maximum Gasteiger partial charge on any atom is 0.305 e. The average Bonchev–Trinajstić information content (AvgIpc) is 2.62. The summed E-state index contributed by atoms with van der Waals surface area (Å²) in [5, 5.41) is 8.48. The average molecular weight is 367 g/mol. The van der Waals surface area contributed by atoms with Crippen LogP contribution < -0.4 is 0 Å². The van der Waals surface area contributed by atoms with Crippen molar-refractivity contribution in [1.82, 2.24) is 0 Å². The van der Waals surface area contributed by atoms with Gasteiger partial charge in [0.05, 0.1) is 6.61 Å². The standard InChI is InChI=1S/C22H38O4/c1-2-3-4-5-6-7-8-9-10-11-12-13-14-15-16-19-22(25)26-20-17-18-21(23)24/h6-7,9-10H,2-5,8,11-20H2,1H3,(H,23,24)/b7-6-,10-9-. The summed E-state index contributed by atoms with van der Waals surface area (Å²) in [5.74, 6) is -1.06. The van der Waals surface area contributed by atoms with E-state index in [1.807, 2.05) is 0 Å². The molecule has 0 spiro atoms. The number of allylic oxidation sites excluding steroid dienone is 4. The third kappa shape index (κ3) is 20.5. The number of carbonyl (C=O) groups is 2. The second-order valence-corrected chi connectivity index (χ2v) is 6.70. The Bertz CT molecular complexity index is 399. The van der Waals surface area contributed by atoms with E-state index >= 15 is 0 Å². The van der Waals surface area contributed by atoms with E-state index in [2.05, 4.69) is 31.2 Å². The predicted octanol–water partition coefficient (Wildman–Crippen LogP) is 6.21. The highest BCUT2D eigenvalue weighted by atomic mass is 16.5. The molecular weight excluding hydrogens is 328 g/mol. The van der Waals surface area contributed by atoms with Crippen molar-refractivity contribution < 1.29 is 19.4 Å². The summed E-state index contributed by atoms with van der Waals surface area (Å²) < 4.78 is 4.99. The molecule has 0 bridgehead atoms. The van der Waals surface area contributed by atoms with E-state index in [0.717, 1.165) is 32.1 Å². The molecule has 0 rings (SSSR count). The Morgan fingerprint density at radius 1 is 0.769 bits per heavy atom. The largest absolute Gasteiger partial charge is 0.481 e. The SMILES string of the molecule is CCCCC/C=C\C/C=C\CCCCCCCC(=O)OCCCC(=O)O. The number of hydrogen-bond donors (Lipinski definition) is 1. The lowest BCUT2D eigenvalue weighted by Gasteiger charge is -2.03. The van der Waals surface area contributed by atoms with E-state index in [9.17, 15) is 9.59 Å². The Morgan fingerprint density at radius 2 is 1.38 bits per heavy atom. The van der Waals surface area contributed by atoms with Gasteiger partial charge in [-0.1, -0.05) is 63.3 Å². The van der Waals surface area contributed by atoms with Gasteiger partial charge in [-0.3, -0.25) is 9.59 Å². The Balaban J connectivity index is 3.29. The number of unbranched alkanes of at least 4 members (excludes halogenated alkanes) is 8. The highest BCUT2D eigenvalue weighted by molar-refractivity contribution is 5.69. The van der Waals surface area contributed by atoms with Crippen molar-refractivity contribution in [3.05, 3.63) is 24.3 Å². The first kappa shape index (κ1) is 24.4. The van der Waals surface area contributed by atoms with Crippen molar-refractivity contribution in [2.45, 2.75) is 96.8 Å². The molecule has 0 aromatic carbocycles. The van der Waals surface area contributed by atoms with E-state index in [-0.39, 0.29) is 19.0 Å². The quantitative estimate of drug-likeness (QED) is 0.178. The number of esters is 1. The fourth-order valence-corrected chi connectivity index (χ4v) is 2.56. The van der Waals surface area contributed by atoms with Crippen molar-refractivity contribution in [2.24, 2.45) is 0 Å². The Labute approximate surface area is 159 Å². The molecule has 0 saturated carbocycles. The summed E-state index contributed by atoms with van der Waals surface area (Å²) in [5.41, 5.74) is 0. The number of aliphatic carboxylic acids is 1. The molecule has 0 fully saturated rings. The van der Waals surface area contributed by atoms with Crippen LogP contribution in [0.3, 0.4) is 0 Å². The minimum atomic E-state index is -0.852. The maximum absolute atomic E-state index is 11.4. The number of ether oxygens (including phenoxy) is 1. The van der Waals surface area contributed by atoms with Gasteiger partial charge in [0.1, 0.15) is 0 Å². The van der Waals surface area contributed by atoms with Gasteiger partial charge in [0, 0.05) is 12.8 Å². The Morgan fingerprint density at radius 3 is 2.04 bits per heavy atom. The second-order valence-electron chi connectivity index (χ2n) is 6.70. The van der Waals surface area contributed by atoms with Crippen molar-refractivity contribution in [3.63, 3.8) is 0 Å². The molecule has 0 unspecified atom stereocenters. The molecular formula is C22H38O4. The number of carbonyl (C=O) groups excluding carboxylic acids is 1. The highest BCUT2D eigenvalue weighted by Crippen LogP contribution is 2.09.